The normalized spacial score (nSPS) is 12.8. The Morgan fingerprint density at radius 2 is 1.81 bits per heavy atom. The highest BCUT2D eigenvalue weighted by molar-refractivity contribution is 6.31. The van der Waals surface area contributed by atoms with Gasteiger partial charge in [-0.25, -0.2) is 4.68 Å². The van der Waals surface area contributed by atoms with Crippen molar-refractivity contribution in [1.29, 1.82) is 0 Å². The second kappa shape index (κ2) is 11.1. The van der Waals surface area contributed by atoms with Gasteiger partial charge in [0.25, 0.3) is 0 Å². The lowest BCUT2D eigenvalue weighted by atomic mass is 10.1. The zero-order chi connectivity index (χ0) is 26.5. The van der Waals surface area contributed by atoms with Crippen LogP contribution in [-0.2, 0) is 26.9 Å². The largest absolute Gasteiger partial charge is 0.459 e. The molecule has 1 aromatic heterocycles. The monoisotopic (exact) mass is 523 g/mol. The van der Waals surface area contributed by atoms with Crippen molar-refractivity contribution in [2.75, 3.05) is 11.9 Å². The Morgan fingerprint density at radius 3 is 2.42 bits per heavy atom. The maximum atomic E-state index is 12.9. The Balaban J connectivity index is 1.74. The second-order valence-electron chi connectivity index (χ2n) is 8.91. The molecule has 2 aromatic carbocycles. The molecule has 1 atom stereocenters. The van der Waals surface area contributed by atoms with Crippen LogP contribution in [0.4, 0.5) is 18.9 Å². The third-order valence-corrected chi connectivity index (χ3v) is 4.98. The number of anilines is 1. The van der Waals surface area contributed by atoms with E-state index in [1.54, 1.807) is 20.8 Å². The first-order valence-corrected chi connectivity index (χ1v) is 11.3. The van der Waals surface area contributed by atoms with Gasteiger partial charge < -0.3 is 10.1 Å². The number of nitrogens with zero attached hydrogens (tertiary/aromatic N) is 3. The summed E-state index contributed by atoms with van der Waals surface area (Å²) in [6, 6.07) is 12.6. The quantitative estimate of drug-likeness (QED) is 0.424. The molecule has 0 aliphatic heterocycles. The predicted molar refractivity (Wildman–Crippen MR) is 128 cm³/mol. The molecule has 8 nitrogen and oxygen atoms in total. The number of amides is 1. The average Bonchev–Trinajstić information content (AvgIpc) is 3.27. The first-order valence-electron chi connectivity index (χ1n) is 10.9. The molecule has 192 valence electrons. The number of carbonyl (C=O) groups is 2. The summed E-state index contributed by atoms with van der Waals surface area (Å²) in [7, 11) is 0. The van der Waals surface area contributed by atoms with E-state index in [0.717, 1.165) is 10.2 Å². The van der Waals surface area contributed by atoms with Crippen LogP contribution in [-0.4, -0.2) is 45.1 Å². The van der Waals surface area contributed by atoms with Crippen LogP contribution in [0.2, 0.25) is 5.02 Å². The summed E-state index contributed by atoms with van der Waals surface area (Å²) in [5.74, 6) is -1.08. The highest BCUT2D eigenvalue weighted by atomic mass is 35.5. The van der Waals surface area contributed by atoms with Crippen molar-refractivity contribution in [2.45, 2.75) is 45.0 Å². The van der Waals surface area contributed by atoms with E-state index < -0.39 is 35.4 Å². The van der Waals surface area contributed by atoms with Crippen molar-refractivity contribution in [2.24, 2.45) is 0 Å². The fourth-order valence-corrected chi connectivity index (χ4v) is 3.36. The van der Waals surface area contributed by atoms with Crippen LogP contribution in [0.1, 0.15) is 32.0 Å². The molecule has 1 heterocycles. The van der Waals surface area contributed by atoms with Gasteiger partial charge in [-0.15, -0.1) is 5.10 Å². The Kier molecular flexibility index (Phi) is 8.36. The van der Waals surface area contributed by atoms with Crippen LogP contribution in [0.25, 0.3) is 5.69 Å². The minimum absolute atomic E-state index is 0.116. The van der Waals surface area contributed by atoms with E-state index in [-0.39, 0.29) is 29.4 Å². The fraction of sp³-hybridized carbons (Fsp3) is 0.333. The van der Waals surface area contributed by atoms with Gasteiger partial charge in [-0.3, -0.25) is 14.9 Å². The SMILES string of the molecule is CC(C)(C)OC(=O)C(Cc1ccccc1)NCC(=O)Nc1cc(Cl)ccc1-n1cc(C(F)(F)F)nn1. The number of nitrogens with one attached hydrogen (secondary N) is 2. The minimum Gasteiger partial charge on any atom is -0.459 e. The van der Waals surface area contributed by atoms with Crippen LogP contribution in [0.5, 0.6) is 0 Å². The Labute approximate surface area is 210 Å². The molecule has 0 aliphatic rings. The smallest absolute Gasteiger partial charge is 0.436 e. The lowest BCUT2D eigenvalue weighted by molar-refractivity contribution is -0.157. The molecule has 12 heteroatoms. The van der Waals surface area contributed by atoms with Gasteiger partial charge in [-0.05, 0) is 51.0 Å². The number of rotatable bonds is 8. The zero-order valence-electron chi connectivity index (χ0n) is 19.8. The van der Waals surface area contributed by atoms with E-state index >= 15 is 0 Å². The van der Waals surface area contributed by atoms with Gasteiger partial charge in [-0.2, -0.15) is 13.2 Å². The predicted octanol–water partition coefficient (Wildman–Crippen LogP) is 4.42. The third-order valence-electron chi connectivity index (χ3n) is 4.75. The molecule has 1 amide bonds. The van der Waals surface area contributed by atoms with Gasteiger partial charge in [0.05, 0.1) is 24.1 Å². The van der Waals surface area contributed by atoms with Gasteiger partial charge in [0.15, 0.2) is 5.69 Å². The molecule has 1 unspecified atom stereocenters. The van der Waals surface area contributed by atoms with Crippen LogP contribution in [0, 0.1) is 0 Å². The molecule has 0 saturated carbocycles. The Bertz CT molecular complexity index is 1210. The molecule has 2 N–H and O–H groups in total. The van der Waals surface area contributed by atoms with E-state index in [9.17, 15) is 22.8 Å². The van der Waals surface area contributed by atoms with Gasteiger partial charge in [0.1, 0.15) is 11.6 Å². The highest BCUT2D eigenvalue weighted by Gasteiger charge is 2.34. The van der Waals surface area contributed by atoms with Gasteiger partial charge in [0.2, 0.25) is 5.91 Å². The number of carbonyl (C=O) groups excluding carboxylic acids is 2. The molecular weight excluding hydrogens is 499 g/mol. The maximum Gasteiger partial charge on any atom is 0.436 e. The number of hydrogen-bond acceptors (Lipinski definition) is 6. The fourth-order valence-electron chi connectivity index (χ4n) is 3.19. The second-order valence-corrected chi connectivity index (χ2v) is 9.35. The summed E-state index contributed by atoms with van der Waals surface area (Å²) in [4.78, 5) is 25.5. The molecule has 0 saturated heterocycles. The number of esters is 1. The molecule has 0 fully saturated rings. The van der Waals surface area contributed by atoms with E-state index in [0.29, 0.717) is 6.20 Å². The molecule has 0 radical (unpaired) electrons. The topological polar surface area (TPSA) is 98.1 Å². The molecule has 0 aliphatic carbocycles. The summed E-state index contributed by atoms with van der Waals surface area (Å²) in [5, 5.41) is 12.4. The first kappa shape index (κ1) is 27.2. The number of ether oxygens (including phenoxy) is 1. The van der Waals surface area contributed by atoms with E-state index in [1.807, 2.05) is 30.3 Å². The van der Waals surface area contributed by atoms with Gasteiger partial charge >= 0.3 is 12.1 Å². The van der Waals surface area contributed by atoms with Crippen molar-refractivity contribution in [3.63, 3.8) is 0 Å². The van der Waals surface area contributed by atoms with E-state index in [2.05, 4.69) is 20.9 Å². The summed E-state index contributed by atoms with van der Waals surface area (Å²) in [6.07, 6.45) is -3.69. The average molecular weight is 524 g/mol. The van der Waals surface area contributed by atoms with Crippen LogP contribution < -0.4 is 10.6 Å². The summed E-state index contributed by atoms with van der Waals surface area (Å²) in [6.45, 7) is 4.94. The lowest BCUT2D eigenvalue weighted by Gasteiger charge is -2.24. The molecule has 3 rings (SSSR count). The van der Waals surface area contributed by atoms with E-state index in [1.165, 1.54) is 18.2 Å². The standard InChI is InChI=1S/C24H25ClF3N5O3/c1-23(2,3)36-22(35)18(11-15-7-5-4-6-8-15)29-13-21(34)30-17-12-16(25)9-10-19(17)33-14-20(31-32-33)24(26,27)28/h4-10,12,14,18,29H,11,13H2,1-3H3,(H,30,34). The molecular formula is C24H25ClF3N5O3. The number of benzene rings is 2. The molecule has 36 heavy (non-hydrogen) atoms. The number of hydrogen-bond donors (Lipinski definition) is 2. The van der Waals surface area contributed by atoms with Crippen molar-refractivity contribution in [3.05, 3.63) is 71.0 Å². The minimum atomic E-state index is -4.67. The van der Waals surface area contributed by atoms with Crippen molar-refractivity contribution in [1.82, 2.24) is 20.3 Å². The first-order chi connectivity index (χ1) is 16.8. The number of halogens is 4. The summed E-state index contributed by atoms with van der Waals surface area (Å²) >= 11 is 6.03. The number of aromatic nitrogens is 3. The maximum absolute atomic E-state index is 12.9. The van der Waals surface area contributed by atoms with Gasteiger partial charge in [-0.1, -0.05) is 47.1 Å². The van der Waals surface area contributed by atoms with E-state index in [4.69, 9.17) is 16.3 Å². The lowest BCUT2D eigenvalue weighted by Crippen LogP contribution is -2.45. The Hall–Kier alpha value is -3.44. The molecule has 3 aromatic rings. The summed E-state index contributed by atoms with van der Waals surface area (Å²) in [5.41, 5.74) is -0.797. The molecule has 0 bridgehead atoms. The third kappa shape index (κ3) is 7.79. The van der Waals surface area contributed by atoms with Crippen LogP contribution >= 0.6 is 11.6 Å². The van der Waals surface area contributed by atoms with Gasteiger partial charge in [0, 0.05) is 5.02 Å². The van der Waals surface area contributed by atoms with Crippen molar-refractivity contribution < 1.29 is 27.5 Å². The molecule has 0 spiro atoms. The zero-order valence-corrected chi connectivity index (χ0v) is 20.5. The highest BCUT2D eigenvalue weighted by Crippen LogP contribution is 2.29. The Morgan fingerprint density at radius 1 is 1.11 bits per heavy atom. The van der Waals surface area contributed by atoms with Crippen LogP contribution in [0.15, 0.2) is 54.7 Å². The van der Waals surface area contributed by atoms with Crippen molar-refractivity contribution >= 4 is 29.2 Å². The van der Waals surface area contributed by atoms with Crippen molar-refractivity contribution in [3.8, 4) is 5.69 Å². The summed E-state index contributed by atoms with van der Waals surface area (Å²) < 4.78 is 45.2. The van der Waals surface area contributed by atoms with Crippen LogP contribution in [0.3, 0.4) is 0 Å². The number of alkyl halides is 3.